The Bertz CT molecular complexity index is 584. The van der Waals surface area contributed by atoms with Crippen LogP contribution in [0.4, 0.5) is 0 Å². The predicted octanol–water partition coefficient (Wildman–Crippen LogP) is 2.52. The molecule has 0 radical (unpaired) electrons. The molecule has 0 heterocycles. The first kappa shape index (κ1) is 15.1. The fraction of sp³-hybridized carbons (Fsp3) is 0.556. The van der Waals surface area contributed by atoms with Gasteiger partial charge in [0.1, 0.15) is 0 Å². The molecule has 2 aliphatic carbocycles. The highest BCUT2D eigenvalue weighted by atomic mass is 16.3. The molecule has 1 amide bonds. The van der Waals surface area contributed by atoms with Crippen molar-refractivity contribution in [1.29, 1.82) is 5.26 Å². The van der Waals surface area contributed by atoms with Gasteiger partial charge < -0.3 is 10.4 Å². The monoisotopic (exact) mass is 298 g/mol. The second-order valence-corrected chi connectivity index (χ2v) is 6.58. The standard InChI is InChI=1S/C18H22N2O2/c19-12-18(9-10-18)15-7-5-13(6-8-15)17(22)20-16-4-2-1-3-14(16)11-21/h5-8,14,16,21H,1-4,9-11H2,(H,20,22). The third-order valence-electron chi connectivity index (χ3n) is 5.12. The first-order chi connectivity index (χ1) is 10.7. The maximum atomic E-state index is 12.4. The molecule has 0 aromatic heterocycles. The van der Waals surface area contributed by atoms with Crippen molar-refractivity contribution in [1.82, 2.24) is 5.32 Å². The lowest BCUT2D eigenvalue weighted by Gasteiger charge is -2.30. The number of amides is 1. The van der Waals surface area contributed by atoms with Crippen LogP contribution in [0.5, 0.6) is 0 Å². The molecule has 2 unspecified atom stereocenters. The third kappa shape index (κ3) is 2.86. The highest BCUT2D eigenvalue weighted by Crippen LogP contribution is 2.47. The van der Waals surface area contributed by atoms with E-state index in [9.17, 15) is 15.2 Å². The Morgan fingerprint density at radius 3 is 2.55 bits per heavy atom. The van der Waals surface area contributed by atoms with E-state index in [1.54, 1.807) is 12.1 Å². The third-order valence-corrected chi connectivity index (χ3v) is 5.12. The summed E-state index contributed by atoms with van der Waals surface area (Å²) in [4.78, 5) is 12.4. The Kier molecular flexibility index (Phi) is 4.17. The zero-order valence-corrected chi connectivity index (χ0v) is 12.7. The molecule has 4 heteroatoms. The molecule has 2 N–H and O–H groups in total. The van der Waals surface area contributed by atoms with Crippen LogP contribution in [0.1, 0.15) is 54.4 Å². The van der Waals surface area contributed by atoms with Crippen LogP contribution in [0, 0.1) is 17.2 Å². The van der Waals surface area contributed by atoms with Crippen molar-refractivity contribution in [2.45, 2.75) is 50.0 Å². The molecule has 0 spiro atoms. The van der Waals surface area contributed by atoms with E-state index in [1.165, 1.54) is 0 Å². The SMILES string of the molecule is N#CC1(c2ccc(C(=O)NC3CCCCC3CO)cc2)CC1. The summed E-state index contributed by atoms with van der Waals surface area (Å²) in [5.74, 6) is 0.0870. The van der Waals surface area contributed by atoms with E-state index in [4.69, 9.17) is 0 Å². The molecule has 22 heavy (non-hydrogen) atoms. The largest absolute Gasteiger partial charge is 0.396 e. The van der Waals surface area contributed by atoms with Crippen molar-refractivity contribution in [3.8, 4) is 6.07 Å². The van der Waals surface area contributed by atoms with E-state index >= 15 is 0 Å². The molecule has 1 aromatic carbocycles. The molecule has 2 fully saturated rings. The number of carbonyl (C=O) groups excluding carboxylic acids is 1. The van der Waals surface area contributed by atoms with Crippen molar-refractivity contribution >= 4 is 5.91 Å². The molecule has 0 saturated heterocycles. The summed E-state index contributed by atoms with van der Waals surface area (Å²) in [6.07, 6.45) is 5.97. The second-order valence-electron chi connectivity index (χ2n) is 6.58. The van der Waals surface area contributed by atoms with Crippen LogP contribution >= 0.6 is 0 Å². The van der Waals surface area contributed by atoms with E-state index in [0.717, 1.165) is 44.1 Å². The molecular weight excluding hydrogens is 276 g/mol. The van der Waals surface area contributed by atoms with Crippen molar-refractivity contribution < 1.29 is 9.90 Å². The Hall–Kier alpha value is -1.86. The quantitative estimate of drug-likeness (QED) is 0.897. The number of nitriles is 1. The number of hydrogen-bond donors (Lipinski definition) is 2. The average molecular weight is 298 g/mol. The topological polar surface area (TPSA) is 73.1 Å². The molecule has 0 aliphatic heterocycles. The van der Waals surface area contributed by atoms with Gasteiger partial charge in [-0.2, -0.15) is 5.26 Å². The van der Waals surface area contributed by atoms with E-state index < -0.39 is 0 Å². The fourth-order valence-corrected chi connectivity index (χ4v) is 3.40. The van der Waals surface area contributed by atoms with Gasteiger partial charge in [-0.25, -0.2) is 0 Å². The van der Waals surface area contributed by atoms with Gasteiger partial charge in [0.15, 0.2) is 0 Å². The van der Waals surface area contributed by atoms with Gasteiger partial charge in [-0.1, -0.05) is 25.0 Å². The van der Waals surface area contributed by atoms with Crippen LogP contribution < -0.4 is 5.32 Å². The van der Waals surface area contributed by atoms with Gasteiger partial charge in [-0.3, -0.25) is 4.79 Å². The summed E-state index contributed by atoms with van der Waals surface area (Å²) in [5.41, 5.74) is 1.33. The van der Waals surface area contributed by atoms with Crippen LogP contribution in [0.2, 0.25) is 0 Å². The Labute approximate surface area is 131 Å². The number of aliphatic hydroxyl groups excluding tert-OH is 1. The number of nitrogens with one attached hydrogen (secondary N) is 1. The highest BCUT2D eigenvalue weighted by molar-refractivity contribution is 5.94. The maximum Gasteiger partial charge on any atom is 0.251 e. The van der Waals surface area contributed by atoms with Crippen LogP contribution in [0.3, 0.4) is 0 Å². The van der Waals surface area contributed by atoms with E-state index in [2.05, 4.69) is 11.4 Å². The molecule has 1 aromatic rings. The van der Waals surface area contributed by atoms with Crippen LogP contribution in [0.25, 0.3) is 0 Å². The van der Waals surface area contributed by atoms with Crippen LogP contribution in [-0.4, -0.2) is 23.7 Å². The number of rotatable bonds is 4. The normalized spacial score (nSPS) is 26.0. The molecule has 4 nitrogen and oxygen atoms in total. The zero-order valence-electron chi connectivity index (χ0n) is 12.7. The minimum absolute atomic E-state index is 0.0693. The van der Waals surface area contributed by atoms with Gasteiger partial charge in [-0.05, 0) is 43.4 Å². The summed E-state index contributed by atoms with van der Waals surface area (Å²) < 4.78 is 0. The average Bonchev–Trinajstić information content (AvgIpc) is 3.37. The van der Waals surface area contributed by atoms with Crippen molar-refractivity contribution in [2.24, 2.45) is 5.92 Å². The predicted molar refractivity (Wildman–Crippen MR) is 83.3 cm³/mol. The van der Waals surface area contributed by atoms with E-state index in [-0.39, 0.29) is 29.9 Å². The Morgan fingerprint density at radius 1 is 1.27 bits per heavy atom. The lowest BCUT2D eigenvalue weighted by Crippen LogP contribution is -2.43. The Morgan fingerprint density at radius 2 is 1.95 bits per heavy atom. The van der Waals surface area contributed by atoms with E-state index in [1.807, 2.05) is 12.1 Å². The van der Waals surface area contributed by atoms with Crippen molar-refractivity contribution in [2.75, 3.05) is 6.61 Å². The van der Waals surface area contributed by atoms with Gasteiger partial charge >= 0.3 is 0 Å². The highest BCUT2D eigenvalue weighted by Gasteiger charge is 2.44. The lowest BCUT2D eigenvalue weighted by atomic mass is 9.85. The minimum atomic E-state index is -0.305. The summed E-state index contributed by atoms with van der Waals surface area (Å²) in [7, 11) is 0. The first-order valence-corrected chi connectivity index (χ1v) is 8.12. The fourth-order valence-electron chi connectivity index (χ4n) is 3.40. The minimum Gasteiger partial charge on any atom is -0.396 e. The summed E-state index contributed by atoms with van der Waals surface area (Å²) in [6.45, 7) is 0.134. The zero-order chi connectivity index (χ0) is 15.6. The van der Waals surface area contributed by atoms with Gasteiger partial charge in [0.25, 0.3) is 5.91 Å². The molecule has 2 atom stereocenters. The molecular formula is C18H22N2O2. The van der Waals surface area contributed by atoms with Crippen LogP contribution in [0.15, 0.2) is 24.3 Å². The summed E-state index contributed by atoms with van der Waals surface area (Å²) >= 11 is 0. The molecule has 2 aliphatic rings. The van der Waals surface area contributed by atoms with Crippen molar-refractivity contribution in [3.05, 3.63) is 35.4 Å². The van der Waals surface area contributed by atoms with Gasteiger partial charge in [0.2, 0.25) is 0 Å². The smallest absolute Gasteiger partial charge is 0.251 e. The number of benzene rings is 1. The second kappa shape index (κ2) is 6.10. The number of hydrogen-bond acceptors (Lipinski definition) is 3. The summed E-state index contributed by atoms with van der Waals surface area (Å²) in [6, 6.07) is 9.84. The van der Waals surface area contributed by atoms with Gasteiger partial charge in [0, 0.05) is 24.1 Å². The van der Waals surface area contributed by atoms with Crippen molar-refractivity contribution in [3.63, 3.8) is 0 Å². The van der Waals surface area contributed by atoms with Gasteiger partial charge in [0.05, 0.1) is 11.5 Å². The maximum absolute atomic E-state index is 12.4. The summed E-state index contributed by atoms with van der Waals surface area (Å²) in [5, 5.41) is 21.7. The number of aliphatic hydroxyl groups is 1. The van der Waals surface area contributed by atoms with E-state index in [0.29, 0.717) is 5.56 Å². The number of nitrogens with zero attached hydrogens (tertiary/aromatic N) is 1. The number of carbonyl (C=O) groups is 1. The first-order valence-electron chi connectivity index (χ1n) is 8.12. The molecule has 116 valence electrons. The molecule has 2 saturated carbocycles. The Balaban J connectivity index is 1.66. The van der Waals surface area contributed by atoms with Gasteiger partial charge in [-0.15, -0.1) is 0 Å². The van der Waals surface area contributed by atoms with Crippen LogP contribution in [-0.2, 0) is 5.41 Å². The molecule has 0 bridgehead atoms. The molecule has 3 rings (SSSR count). The lowest BCUT2D eigenvalue weighted by molar-refractivity contribution is 0.0872.